The van der Waals surface area contributed by atoms with E-state index in [-0.39, 0.29) is 17.9 Å². The Kier molecular flexibility index (Phi) is 5.10. The van der Waals surface area contributed by atoms with Crippen LogP contribution in [0.2, 0.25) is 0 Å². The van der Waals surface area contributed by atoms with E-state index in [2.05, 4.69) is 16.9 Å². The van der Waals surface area contributed by atoms with E-state index in [1.807, 2.05) is 42.1 Å². The second-order valence-electron chi connectivity index (χ2n) is 5.53. The lowest BCUT2D eigenvalue weighted by Gasteiger charge is -2.39. The predicted octanol–water partition coefficient (Wildman–Crippen LogP) is 1.23. The zero-order chi connectivity index (χ0) is 14.7. The lowest BCUT2D eigenvalue weighted by Crippen LogP contribution is -2.51. The minimum absolute atomic E-state index is 0.0930. The summed E-state index contributed by atoms with van der Waals surface area (Å²) in [6.07, 6.45) is 5.82. The summed E-state index contributed by atoms with van der Waals surface area (Å²) in [7, 11) is 4.11. The SMILES string of the molecule is CSC[C@@H](C)C(=O)N1CCN(C)[C@H](c2nccn2C)C1. The molecule has 1 amide bonds. The van der Waals surface area contributed by atoms with Crippen LogP contribution < -0.4 is 0 Å². The van der Waals surface area contributed by atoms with Crippen LogP contribution >= 0.6 is 11.8 Å². The molecule has 0 radical (unpaired) electrons. The molecule has 0 aliphatic carbocycles. The summed E-state index contributed by atoms with van der Waals surface area (Å²) < 4.78 is 2.04. The smallest absolute Gasteiger partial charge is 0.226 e. The summed E-state index contributed by atoms with van der Waals surface area (Å²) in [6, 6.07) is 0.189. The average molecular weight is 296 g/mol. The van der Waals surface area contributed by atoms with Gasteiger partial charge in [-0.05, 0) is 13.3 Å². The number of hydrogen-bond acceptors (Lipinski definition) is 4. The fourth-order valence-corrected chi connectivity index (χ4v) is 3.33. The first kappa shape index (κ1) is 15.4. The molecule has 1 aliphatic heterocycles. The maximum atomic E-state index is 12.5. The largest absolute Gasteiger partial charge is 0.339 e. The summed E-state index contributed by atoms with van der Waals surface area (Å²) in [5.41, 5.74) is 0. The van der Waals surface area contributed by atoms with Gasteiger partial charge in [-0.3, -0.25) is 9.69 Å². The Balaban J connectivity index is 2.08. The summed E-state index contributed by atoms with van der Waals surface area (Å²) in [6.45, 7) is 4.47. The topological polar surface area (TPSA) is 41.4 Å². The Labute approximate surface area is 125 Å². The van der Waals surface area contributed by atoms with E-state index in [0.29, 0.717) is 0 Å². The number of carbonyl (C=O) groups excluding carboxylic acids is 1. The summed E-state index contributed by atoms with van der Waals surface area (Å²) in [5, 5.41) is 0. The van der Waals surface area contributed by atoms with Crippen LogP contribution in [0.15, 0.2) is 12.4 Å². The highest BCUT2D eigenvalue weighted by molar-refractivity contribution is 7.98. The molecule has 112 valence electrons. The van der Waals surface area contributed by atoms with Gasteiger partial charge in [-0.15, -0.1) is 0 Å². The first-order chi connectivity index (χ1) is 9.54. The molecule has 0 aromatic carbocycles. The molecule has 2 atom stereocenters. The minimum atomic E-state index is 0.0930. The lowest BCUT2D eigenvalue weighted by atomic mass is 10.1. The van der Waals surface area contributed by atoms with Gasteiger partial charge in [0.15, 0.2) is 0 Å². The summed E-state index contributed by atoms with van der Waals surface area (Å²) >= 11 is 1.73. The Morgan fingerprint density at radius 1 is 1.50 bits per heavy atom. The molecular weight excluding hydrogens is 272 g/mol. The maximum absolute atomic E-state index is 12.5. The lowest BCUT2D eigenvalue weighted by molar-refractivity contribution is -0.137. The van der Waals surface area contributed by atoms with E-state index < -0.39 is 0 Å². The third-order valence-corrected chi connectivity index (χ3v) is 4.79. The van der Waals surface area contributed by atoms with E-state index in [4.69, 9.17) is 0 Å². The molecule has 20 heavy (non-hydrogen) atoms. The maximum Gasteiger partial charge on any atom is 0.226 e. The normalized spacial score (nSPS) is 22.0. The number of hydrogen-bond donors (Lipinski definition) is 0. The predicted molar refractivity (Wildman–Crippen MR) is 82.7 cm³/mol. The highest BCUT2D eigenvalue weighted by Gasteiger charge is 2.32. The number of piperazine rings is 1. The molecule has 0 bridgehead atoms. The van der Waals surface area contributed by atoms with E-state index in [0.717, 1.165) is 31.2 Å². The molecule has 1 aromatic rings. The van der Waals surface area contributed by atoms with Gasteiger partial charge in [-0.1, -0.05) is 6.92 Å². The summed E-state index contributed by atoms with van der Waals surface area (Å²) in [5.74, 6) is 2.28. The number of thioether (sulfide) groups is 1. The Morgan fingerprint density at radius 3 is 2.85 bits per heavy atom. The van der Waals surface area contributed by atoms with Crippen LogP contribution in [0, 0.1) is 5.92 Å². The van der Waals surface area contributed by atoms with Gasteiger partial charge in [0.05, 0.1) is 6.04 Å². The van der Waals surface area contributed by atoms with Crippen LogP contribution in [0.5, 0.6) is 0 Å². The van der Waals surface area contributed by atoms with Crippen molar-refractivity contribution in [2.75, 3.05) is 38.7 Å². The van der Waals surface area contributed by atoms with Crippen molar-refractivity contribution in [2.24, 2.45) is 13.0 Å². The molecule has 6 heteroatoms. The van der Waals surface area contributed by atoms with Crippen LogP contribution in [0.1, 0.15) is 18.8 Å². The van der Waals surface area contributed by atoms with Crippen LogP contribution in [-0.2, 0) is 11.8 Å². The van der Waals surface area contributed by atoms with E-state index in [1.54, 1.807) is 11.8 Å². The van der Waals surface area contributed by atoms with Gasteiger partial charge in [0.2, 0.25) is 5.91 Å². The quantitative estimate of drug-likeness (QED) is 0.838. The van der Waals surface area contributed by atoms with Crippen LogP contribution in [0.4, 0.5) is 0 Å². The fraction of sp³-hybridized carbons (Fsp3) is 0.714. The van der Waals surface area contributed by atoms with Gasteiger partial charge in [0.1, 0.15) is 5.82 Å². The molecule has 0 saturated carbocycles. The fourth-order valence-electron chi connectivity index (χ4n) is 2.68. The Bertz CT molecular complexity index is 462. The number of carbonyl (C=O) groups is 1. The molecule has 1 aliphatic rings. The minimum Gasteiger partial charge on any atom is -0.339 e. The van der Waals surface area contributed by atoms with Gasteiger partial charge in [0, 0.05) is 50.7 Å². The standard InChI is InChI=1S/C14H24N4OS/c1-11(10-20-4)14(19)18-8-7-16(2)12(9-18)13-15-5-6-17(13)3/h5-6,11-12H,7-10H2,1-4H3/t11-,12+/m1/s1. The second-order valence-corrected chi connectivity index (χ2v) is 6.44. The monoisotopic (exact) mass is 296 g/mol. The summed E-state index contributed by atoms with van der Waals surface area (Å²) in [4.78, 5) is 21.2. The van der Waals surface area contributed by atoms with Crippen molar-refractivity contribution < 1.29 is 4.79 Å². The van der Waals surface area contributed by atoms with Crippen molar-refractivity contribution in [3.63, 3.8) is 0 Å². The number of likely N-dealkylation sites (N-methyl/N-ethyl adjacent to an activating group) is 1. The number of imidazole rings is 1. The van der Waals surface area contributed by atoms with Crippen molar-refractivity contribution in [3.05, 3.63) is 18.2 Å². The van der Waals surface area contributed by atoms with E-state index in [9.17, 15) is 4.79 Å². The van der Waals surface area contributed by atoms with Crippen molar-refractivity contribution in [1.29, 1.82) is 0 Å². The molecule has 1 fully saturated rings. The first-order valence-corrected chi connectivity index (χ1v) is 8.39. The number of aryl methyl sites for hydroxylation is 1. The highest BCUT2D eigenvalue weighted by Crippen LogP contribution is 2.23. The van der Waals surface area contributed by atoms with Crippen molar-refractivity contribution in [2.45, 2.75) is 13.0 Å². The van der Waals surface area contributed by atoms with Gasteiger partial charge >= 0.3 is 0 Å². The van der Waals surface area contributed by atoms with Crippen LogP contribution in [0.3, 0.4) is 0 Å². The molecule has 2 heterocycles. The van der Waals surface area contributed by atoms with E-state index >= 15 is 0 Å². The zero-order valence-corrected chi connectivity index (χ0v) is 13.6. The van der Waals surface area contributed by atoms with Gasteiger partial charge < -0.3 is 9.47 Å². The Morgan fingerprint density at radius 2 is 2.25 bits per heavy atom. The van der Waals surface area contributed by atoms with E-state index in [1.165, 1.54) is 0 Å². The first-order valence-electron chi connectivity index (χ1n) is 6.99. The average Bonchev–Trinajstić information content (AvgIpc) is 2.85. The van der Waals surface area contributed by atoms with Crippen LogP contribution in [-0.4, -0.2) is 63.9 Å². The van der Waals surface area contributed by atoms with Gasteiger partial charge in [0.25, 0.3) is 0 Å². The molecule has 1 saturated heterocycles. The molecule has 0 unspecified atom stereocenters. The van der Waals surface area contributed by atoms with Crippen molar-refractivity contribution in [1.82, 2.24) is 19.4 Å². The molecule has 2 rings (SSSR count). The Hall–Kier alpha value is -1.01. The molecule has 0 N–H and O–H groups in total. The third-order valence-electron chi connectivity index (χ3n) is 3.95. The van der Waals surface area contributed by atoms with Gasteiger partial charge in [-0.2, -0.15) is 11.8 Å². The van der Waals surface area contributed by atoms with Crippen molar-refractivity contribution in [3.8, 4) is 0 Å². The number of nitrogens with zero attached hydrogens (tertiary/aromatic N) is 4. The zero-order valence-electron chi connectivity index (χ0n) is 12.7. The highest BCUT2D eigenvalue weighted by atomic mass is 32.2. The third kappa shape index (κ3) is 3.17. The molecule has 0 spiro atoms. The number of rotatable bonds is 4. The molecular formula is C14H24N4OS. The molecule has 1 aromatic heterocycles. The van der Waals surface area contributed by atoms with Gasteiger partial charge in [-0.25, -0.2) is 4.98 Å². The number of amides is 1. The number of aromatic nitrogens is 2. The second kappa shape index (κ2) is 6.63. The van der Waals surface area contributed by atoms with Crippen LogP contribution in [0.25, 0.3) is 0 Å². The van der Waals surface area contributed by atoms with Crippen molar-refractivity contribution >= 4 is 17.7 Å². The molecule has 5 nitrogen and oxygen atoms in total.